The van der Waals surface area contributed by atoms with Gasteiger partial charge < -0.3 is 10.2 Å². The molecule has 0 spiro atoms. The fourth-order valence-electron chi connectivity index (χ4n) is 3.26. The standard InChI is InChI=1S/C21H25N3O2S/c1-14(2)21-24(20(26)17-9-5-4-7-15(17)3)18(13-27-21)19(25)23-12-16-8-6-10-22-11-16/h4-11,14,18,21H,12-13H2,1-3H3,(H,23,25). The first-order valence-corrected chi connectivity index (χ1v) is 10.2. The van der Waals surface area contributed by atoms with Crippen molar-refractivity contribution in [2.45, 2.75) is 38.7 Å². The maximum absolute atomic E-state index is 13.3. The fraction of sp³-hybridized carbons (Fsp3) is 0.381. The lowest BCUT2D eigenvalue weighted by atomic mass is 10.0. The molecule has 2 heterocycles. The van der Waals surface area contributed by atoms with Crippen LogP contribution in [0.5, 0.6) is 0 Å². The molecular weight excluding hydrogens is 358 g/mol. The lowest BCUT2D eigenvalue weighted by Crippen LogP contribution is -2.50. The van der Waals surface area contributed by atoms with E-state index in [0.717, 1.165) is 11.1 Å². The van der Waals surface area contributed by atoms with Crippen LogP contribution in [0.1, 0.15) is 35.3 Å². The minimum atomic E-state index is -0.467. The van der Waals surface area contributed by atoms with E-state index in [1.54, 1.807) is 29.1 Å². The highest BCUT2D eigenvalue weighted by molar-refractivity contribution is 8.00. The van der Waals surface area contributed by atoms with Crippen LogP contribution in [-0.4, -0.2) is 38.9 Å². The number of carbonyl (C=O) groups is 2. The largest absolute Gasteiger partial charge is 0.350 e. The third kappa shape index (κ3) is 4.33. The van der Waals surface area contributed by atoms with Crippen molar-refractivity contribution >= 4 is 23.6 Å². The monoisotopic (exact) mass is 383 g/mol. The Bertz CT molecular complexity index is 810. The van der Waals surface area contributed by atoms with Crippen LogP contribution in [-0.2, 0) is 11.3 Å². The molecule has 1 saturated heterocycles. The third-order valence-electron chi connectivity index (χ3n) is 4.71. The van der Waals surface area contributed by atoms with Crippen LogP contribution in [0, 0.1) is 12.8 Å². The minimum Gasteiger partial charge on any atom is -0.350 e. The molecule has 0 bridgehead atoms. The molecule has 0 saturated carbocycles. The number of amides is 2. The molecule has 0 radical (unpaired) electrons. The summed E-state index contributed by atoms with van der Waals surface area (Å²) in [5, 5.41) is 2.96. The number of aryl methyl sites for hydroxylation is 1. The van der Waals surface area contributed by atoms with Crippen molar-refractivity contribution in [3.05, 3.63) is 65.5 Å². The molecule has 2 aromatic rings. The highest BCUT2D eigenvalue weighted by atomic mass is 32.2. The first-order valence-electron chi connectivity index (χ1n) is 9.15. The molecule has 27 heavy (non-hydrogen) atoms. The second-order valence-corrected chi connectivity index (χ2v) is 8.24. The summed E-state index contributed by atoms with van der Waals surface area (Å²) >= 11 is 1.68. The third-order valence-corrected chi connectivity index (χ3v) is 6.33. The van der Waals surface area contributed by atoms with Crippen LogP contribution < -0.4 is 5.32 Å². The summed E-state index contributed by atoms with van der Waals surface area (Å²) in [5.41, 5.74) is 2.53. The summed E-state index contributed by atoms with van der Waals surface area (Å²) < 4.78 is 0. The molecule has 1 aromatic carbocycles. The van der Waals surface area contributed by atoms with Crippen LogP contribution in [0.15, 0.2) is 48.8 Å². The van der Waals surface area contributed by atoms with Gasteiger partial charge in [-0.2, -0.15) is 0 Å². The lowest BCUT2D eigenvalue weighted by molar-refractivity contribution is -0.125. The SMILES string of the molecule is Cc1ccccc1C(=O)N1C(C(=O)NCc2cccnc2)CSC1C(C)C. The average molecular weight is 384 g/mol. The molecule has 1 aromatic heterocycles. The Kier molecular flexibility index (Phi) is 6.16. The summed E-state index contributed by atoms with van der Waals surface area (Å²) in [6.45, 7) is 6.52. The van der Waals surface area contributed by atoms with Gasteiger partial charge in [0, 0.05) is 30.3 Å². The predicted octanol–water partition coefficient (Wildman–Crippen LogP) is 3.25. The van der Waals surface area contributed by atoms with Crippen molar-refractivity contribution in [3.63, 3.8) is 0 Å². The van der Waals surface area contributed by atoms with Gasteiger partial charge in [0.25, 0.3) is 5.91 Å². The van der Waals surface area contributed by atoms with E-state index in [1.807, 2.05) is 43.3 Å². The minimum absolute atomic E-state index is 0.00810. The van der Waals surface area contributed by atoms with Crippen LogP contribution in [0.25, 0.3) is 0 Å². The Balaban J connectivity index is 1.79. The number of hydrogen-bond donors (Lipinski definition) is 1. The second-order valence-electron chi connectivity index (χ2n) is 7.09. The highest BCUT2D eigenvalue weighted by Gasteiger charge is 2.43. The smallest absolute Gasteiger partial charge is 0.255 e. The molecule has 1 aliphatic rings. The summed E-state index contributed by atoms with van der Waals surface area (Å²) in [7, 11) is 0. The van der Waals surface area contributed by atoms with Crippen LogP contribution in [0.2, 0.25) is 0 Å². The predicted molar refractivity (Wildman–Crippen MR) is 108 cm³/mol. The van der Waals surface area contributed by atoms with Gasteiger partial charge in [-0.05, 0) is 36.1 Å². The molecule has 2 atom stereocenters. The zero-order valence-corrected chi connectivity index (χ0v) is 16.7. The zero-order chi connectivity index (χ0) is 19.4. The van der Waals surface area contributed by atoms with E-state index in [2.05, 4.69) is 24.1 Å². The van der Waals surface area contributed by atoms with Gasteiger partial charge in [-0.1, -0.05) is 38.1 Å². The molecule has 1 fully saturated rings. The van der Waals surface area contributed by atoms with Crippen molar-refractivity contribution in [1.29, 1.82) is 0 Å². The van der Waals surface area contributed by atoms with Gasteiger partial charge in [-0.3, -0.25) is 14.6 Å². The second kappa shape index (κ2) is 8.57. The number of pyridine rings is 1. The van der Waals surface area contributed by atoms with E-state index >= 15 is 0 Å². The number of carbonyl (C=O) groups excluding carboxylic acids is 2. The molecule has 3 rings (SSSR count). The van der Waals surface area contributed by atoms with E-state index in [-0.39, 0.29) is 23.1 Å². The van der Waals surface area contributed by atoms with Gasteiger partial charge in [-0.15, -0.1) is 11.8 Å². The number of thioether (sulfide) groups is 1. The van der Waals surface area contributed by atoms with E-state index in [4.69, 9.17) is 0 Å². The van der Waals surface area contributed by atoms with Gasteiger partial charge in [0.1, 0.15) is 6.04 Å². The maximum atomic E-state index is 13.3. The summed E-state index contributed by atoms with van der Waals surface area (Å²) in [5.74, 6) is 0.688. The van der Waals surface area contributed by atoms with Gasteiger partial charge in [-0.25, -0.2) is 0 Å². The fourth-order valence-corrected chi connectivity index (χ4v) is 4.74. The quantitative estimate of drug-likeness (QED) is 0.861. The van der Waals surface area contributed by atoms with Crippen molar-refractivity contribution in [2.75, 3.05) is 5.75 Å². The summed E-state index contributed by atoms with van der Waals surface area (Å²) in [6.07, 6.45) is 3.44. The molecule has 1 N–H and O–H groups in total. The zero-order valence-electron chi connectivity index (χ0n) is 15.9. The molecule has 6 heteroatoms. The van der Waals surface area contributed by atoms with Crippen LogP contribution >= 0.6 is 11.8 Å². The van der Waals surface area contributed by atoms with Crippen LogP contribution in [0.3, 0.4) is 0 Å². The maximum Gasteiger partial charge on any atom is 0.255 e. The summed E-state index contributed by atoms with van der Waals surface area (Å²) in [4.78, 5) is 32.0. The van der Waals surface area contributed by atoms with Gasteiger partial charge in [0.2, 0.25) is 5.91 Å². The Labute approximate surface area is 164 Å². The molecule has 142 valence electrons. The van der Waals surface area contributed by atoms with Crippen molar-refractivity contribution in [3.8, 4) is 0 Å². The normalized spacial score (nSPS) is 19.3. The number of benzene rings is 1. The van der Waals surface area contributed by atoms with Gasteiger partial charge >= 0.3 is 0 Å². The molecular formula is C21H25N3O2S. The van der Waals surface area contributed by atoms with Crippen molar-refractivity contribution in [2.24, 2.45) is 5.92 Å². The molecule has 2 unspecified atom stereocenters. The van der Waals surface area contributed by atoms with E-state index in [0.29, 0.717) is 17.9 Å². The van der Waals surface area contributed by atoms with Gasteiger partial charge in [0.05, 0.1) is 5.37 Å². The number of nitrogens with zero attached hydrogens (tertiary/aromatic N) is 2. The first-order chi connectivity index (χ1) is 13.0. The number of aromatic nitrogens is 1. The Morgan fingerprint density at radius 1 is 1.26 bits per heavy atom. The van der Waals surface area contributed by atoms with E-state index in [1.165, 1.54) is 0 Å². The number of hydrogen-bond acceptors (Lipinski definition) is 4. The van der Waals surface area contributed by atoms with Crippen molar-refractivity contribution in [1.82, 2.24) is 15.2 Å². The van der Waals surface area contributed by atoms with Crippen molar-refractivity contribution < 1.29 is 9.59 Å². The number of nitrogens with one attached hydrogen (secondary N) is 1. The molecule has 5 nitrogen and oxygen atoms in total. The topological polar surface area (TPSA) is 62.3 Å². The van der Waals surface area contributed by atoms with Crippen LogP contribution in [0.4, 0.5) is 0 Å². The average Bonchev–Trinajstić information content (AvgIpc) is 3.12. The lowest BCUT2D eigenvalue weighted by Gasteiger charge is -2.31. The molecule has 1 aliphatic heterocycles. The molecule has 2 amide bonds. The number of rotatable bonds is 5. The van der Waals surface area contributed by atoms with Gasteiger partial charge in [0.15, 0.2) is 0 Å². The first kappa shape index (κ1) is 19.4. The Morgan fingerprint density at radius 2 is 2.04 bits per heavy atom. The van der Waals surface area contributed by atoms with E-state index in [9.17, 15) is 9.59 Å². The highest BCUT2D eigenvalue weighted by Crippen LogP contribution is 2.35. The Morgan fingerprint density at radius 3 is 2.70 bits per heavy atom. The van der Waals surface area contributed by atoms with E-state index < -0.39 is 6.04 Å². The Hall–Kier alpha value is -2.34. The molecule has 0 aliphatic carbocycles. The summed E-state index contributed by atoms with van der Waals surface area (Å²) in [6, 6.07) is 10.8.